The molecular formula is C30H32FN3O3. The SMILES string of the molecule is CC(C)CN(CC(=O)N(Cc1ccccc1)Cc1cccn1Cc1ccc(F)cc1)C(=O)c1ccco1. The average Bonchev–Trinajstić information content (AvgIpc) is 3.57. The lowest BCUT2D eigenvalue weighted by Crippen LogP contribution is -2.44. The quantitative estimate of drug-likeness (QED) is 0.269. The van der Waals surface area contributed by atoms with Crippen molar-refractivity contribution in [2.45, 2.75) is 33.5 Å². The maximum Gasteiger partial charge on any atom is 0.290 e. The molecule has 4 rings (SSSR count). The molecule has 192 valence electrons. The standard InChI is InChI=1S/C30H32FN3O3/c1-23(2)18-34(30(36)28-11-7-17-37-28)22-29(35)33(20-24-8-4-3-5-9-24)21-27-10-6-16-32(27)19-25-12-14-26(31)15-13-25/h3-17,23H,18-22H2,1-2H3. The third-order valence-corrected chi connectivity index (χ3v) is 6.04. The highest BCUT2D eigenvalue weighted by Gasteiger charge is 2.25. The van der Waals surface area contributed by atoms with Crippen LogP contribution in [-0.4, -0.2) is 39.3 Å². The summed E-state index contributed by atoms with van der Waals surface area (Å²) >= 11 is 0. The minimum atomic E-state index is -0.300. The first-order valence-corrected chi connectivity index (χ1v) is 12.4. The Kier molecular flexibility index (Phi) is 8.56. The molecule has 0 aliphatic carbocycles. The van der Waals surface area contributed by atoms with Gasteiger partial charge < -0.3 is 18.8 Å². The van der Waals surface area contributed by atoms with Crippen molar-refractivity contribution in [1.29, 1.82) is 0 Å². The fourth-order valence-corrected chi connectivity index (χ4v) is 4.24. The van der Waals surface area contributed by atoms with Crippen molar-refractivity contribution in [1.82, 2.24) is 14.4 Å². The van der Waals surface area contributed by atoms with Gasteiger partial charge in [-0.2, -0.15) is 0 Å². The molecule has 7 heteroatoms. The van der Waals surface area contributed by atoms with Crippen LogP contribution >= 0.6 is 0 Å². The molecule has 0 radical (unpaired) electrons. The van der Waals surface area contributed by atoms with Crippen LogP contribution in [0.1, 0.15) is 41.2 Å². The summed E-state index contributed by atoms with van der Waals surface area (Å²) in [5.41, 5.74) is 2.91. The highest BCUT2D eigenvalue weighted by atomic mass is 19.1. The van der Waals surface area contributed by atoms with E-state index in [-0.39, 0.29) is 35.9 Å². The fraction of sp³-hybridized carbons (Fsp3) is 0.267. The molecule has 2 amide bonds. The summed E-state index contributed by atoms with van der Waals surface area (Å²) in [6.07, 6.45) is 3.41. The molecule has 0 aliphatic heterocycles. The third-order valence-electron chi connectivity index (χ3n) is 6.04. The second-order valence-corrected chi connectivity index (χ2v) is 9.55. The molecule has 6 nitrogen and oxygen atoms in total. The molecule has 37 heavy (non-hydrogen) atoms. The summed E-state index contributed by atoms with van der Waals surface area (Å²) < 4.78 is 20.7. The molecular weight excluding hydrogens is 469 g/mol. The Balaban J connectivity index is 1.55. The predicted octanol–water partition coefficient (Wildman–Crippen LogP) is 5.60. The normalized spacial score (nSPS) is 11.0. The molecule has 0 fully saturated rings. The van der Waals surface area contributed by atoms with Gasteiger partial charge in [0.25, 0.3) is 5.91 Å². The lowest BCUT2D eigenvalue weighted by atomic mass is 10.2. The van der Waals surface area contributed by atoms with E-state index in [1.165, 1.54) is 18.4 Å². The van der Waals surface area contributed by atoms with Crippen molar-refractivity contribution >= 4 is 11.8 Å². The van der Waals surface area contributed by atoms with Gasteiger partial charge in [-0.15, -0.1) is 0 Å². The first-order chi connectivity index (χ1) is 17.9. The molecule has 0 atom stereocenters. The second kappa shape index (κ2) is 12.2. The molecule has 0 bridgehead atoms. The number of benzene rings is 2. The van der Waals surface area contributed by atoms with Crippen LogP contribution in [0.4, 0.5) is 4.39 Å². The van der Waals surface area contributed by atoms with E-state index >= 15 is 0 Å². The summed E-state index contributed by atoms with van der Waals surface area (Å²) in [6.45, 7) is 5.74. The number of furan rings is 1. The van der Waals surface area contributed by atoms with Crippen molar-refractivity contribution in [3.63, 3.8) is 0 Å². The summed E-state index contributed by atoms with van der Waals surface area (Å²) in [5.74, 6) is -0.324. The van der Waals surface area contributed by atoms with Gasteiger partial charge in [0, 0.05) is 31.5 Å². The van der Waals surface area contributed by atoms with E-state index in [0.717, 1.165) is 16.8 Å². The lowest BCUT2D eigenvalue weighted by molar-refractivity contribution is -0.133. The molecule has 0 aliphatic rings. The summed E-state index contributed by atoms with van der Waals surface area (Å²) in [4.78, 5) is 30.1. The maximum atomic E-state index is 13.7. The van der Waals surface area contributed by atoms with Crippen LogP contribution in [0.5, 0.6) is 0 Å². The second-order valence-electron chi connectivity index (χ2n) is 9.55. The number of hydrogen-bond acceptors (Lipinski definition) is 3. The van der Waals surface area contributed by atoms with Crippen molar-refractivity contribution in [2.75, 3.05) is 13.1 Å². The molecule has 2 aromatic carbocycles. The van der Waals surface area contributed by atoms with E-state index in [1.54, 1.807) is 34.1 Å². The Hall–Kier alpha value is -4.13. The first kappa shape index (κ1) is 25.9. The van der Waals surface area contributed by atoms with Crippen molar-refractivity contribution in [3.8, 4) is 0 Å². The zero-order valence-corrected chi connectivity index (χ0v) is 21.2. The molecule has 0 spiro atoms. The van der Waals surface area contributed by atoms with Gasteiger partial charge in [0.05, 0.1) is 12.8 Å². The van der Waals surface area contributed by atoms with Crippen LogP contribution in [0.3, 0.4) is 0 Å². The molecule has 2 aromatic heterocycles. The number of aromatic nitrogens is 1. The number of halogens is 1. The smallest absolute Gasteiger partial charge is 0.290 e. The topological polar surface area (TPSA) is 58.7 Å². The van der Waals surface area contributed by atoms with Gasteiger partial charge in [0.15, 0.2) is 5.76 Å². The Labute approximate surface area is 216 Å². The van der Waals surface area contributed by atoms with Gasteiger partial charge >= 0.3 is 0 Å². The lowest BCUT2D eigenvalue weighted by Gasteiger charge is -2.29. The zero-order chi connectivity index (χ0) is 26.2. The van der Waals surface area contributed by atoms with Crippen molar-refractivity contribution in [3.05, 3.63) is 120 Å². The molecule has 0 N–H and O–H groups in total. The molecule has 2 heterocycles. The Morgan fingerprint density at radius 3 is 2.30 bits per heavy atom. The van der Waals surface area contributed by atoms with Gasteiger partial charge in [0.1, 0.15) is 12.4 Å². The van der Waals surface area contributed by atoms with Gasteiger partial charge in [-0.1, -0.05) is 56.3 Å². The molecule has 4 aromatic rings. The number of rotatable bonds is 11. The van der Waals surface area contributed by atoms with E-state index in [0.29, 0.717) is 26.2 Å². The van der Waals surface area contributed by atoms with E-state index in [4.69, 9.17) is 4.42 Å². The Morgan fingerprint density at radius 1 is 0.865 bits per heavy atom. The Morgan fingerprint density at radius 2 is 1.62 bits per heavy atom. The Bertz CT molecular complexity index is 1280. The molecule has 0 saturated carbocycles. The fourth-order valence-electron chi connectivity index (χ4n) is 4.24. The van der Waals surface area contributed by atoms with Crippen LogP contribution in [0.15, 0.2) is 95.7 Å². The summed E-state index contributed by atoms with van der Waals surface area (Å²) in [6, 6.07) is 23.4. The highest BCUT2D eigenvalue weighted by Crippen LogP contribution is 2.16. The van der Waals surface area contributed by atoms with Gasteiger partial charge in [0.2, 0.25) is 5.91 Å². The number of amides is 2. The number of carbonyl (C=O) groups excluding carboxylic acids is 2. The highest BCUT2D eigenvalue weighted by molar-refractivity contribution is 5.94. The summed E-state index contributed by atoms with van der Waals surface area (Å²) in [7, 11) is 0. The van der Waals surface area contributed by atoms with Gasteiger partial charge in [-0.25, -0.2) is 4.39 Å². The molecule has 0 saturated heterocycles. The van der Waals surface area contributed by atoms with Crippen LogP contribution in [-0.2, 0) is 24.4 Å². The van der Waals surface area contributed by atoms with Crippen molar-refractivity contribution in [2.24, 2.45) is 5.92 Å². The van der Waals surface area contributed by atoms with Crippen LogP contribution in [0, 0.1) is 11.7 Å². The average molecular weight is 502 g/mol. The number of carbonyl (C=O) groups is 2. The zero-order valence-electron chi connectivity index (χ0n) is 21.2. The van der Waals surface area contributed by atoms with E-state index in [2.05, 4.69) is 4.57 Å². The largest absolute Gasteiger partial charge is 0.459 e. The number of nitrogens with zero attached hydrogens (tertiary/aromatic N) is 3. The third kappa shape index (κ3) is 7.19. The van der Waals surface area contributed by atoms with Crippen LogP contribution in [0.25, 0.3) is 0 Å². The predicted molar refractivity (Wildman–Crippen MR) is 140 cm³/mol. The van der Waals surface area contributed by atoms with Crippen molar-refractivity contribution < 1.29 is 18.4 Å². The van der Waals surface area contributed by atoms with Crippen LogP contribution < -0.4 is 0 Å². The van der Waals surface area contributed by atoms with E-state index in [9.17, 15) is 14.0 Å². The van der Waals surface area contributed by atoms with Gasteiger partial charge in [-0.3, -0.25) is 9.59 Å². The van der Waals surface area contributed by atoms with E-state index < -0.39 is 0 Å². The monoisotopic (exact) mass is 501 g/mol. The maximum absolute atomic E-state index is 13.7. The first-order valence-electron chi connectivity index (χ1n) is 12.4. The van der Waals surface area contributed by atoms with E-state index in [1.807, 2.05) is 62.5 Å². The van der Waals surface area contributed by atoms with Gasteiger partial charge in [-0.05, 0) is 53.4 Å². The van der Waals surface area contributed by atoms with Crippen LogP contribution in [0.2, 0.25) is 0 Å². The minimum Gasteiger partial charge on any atom is -0.459 e. The minimum absolute atomic E-state index is 0.0524. The molecule has 0 unspecified atom stereocenters. The summed E-state index contributed by atoms with van der Waals surface area (Å²) in [5, 5.41) is 0. The number of hydrogen-bond donors (Lipinski definition) is 0.